The lowest BCUT2D eigenvalue weighted by molar-refractivity contribution is 0.397. The SMILES string of the molecule is COc1cc(C)c(-c2cc(CN)[nH]n2)cc1C(C)(C)C. The third kappa shape index (κ3) is 2.70. The number of rotatable bonds is 3. The summed E-state index contributed by atoms with van der Waals surface area (Å²) in [7, 11) is 1.71. The molecule has 0 bridgehead atoms. The van der Waals surface area contributed by atoms with Gasteiger partial charge < -0.3 is 10.5 Å². The summed E-state index contributed by atoms with van der Waals surface area (Å²) < 4.78 is 5.52. The molecular weight excluding hydrogens is 250 g/mol. The Hall–Kier alpha value is -1.81. The first-order valence-corrected chi connectivity index (χ1v) is 6.80. The topological polar surface area (TPSA) is 63.9 Å². The average molecular weight is 273 g/mol. The molecule has 0 saturated carbocycles. The normalized spacial score (nSPS) is 11.7. The molecule has 0 atom stereocenters. The van der Waals surface area contributed by atoms with Crippen molar-refractivity contribution < 1.29 is 4.74 Å². The molecule has 1 aromatic heterocycles. The Morgan fingerprint density at radius 3 is 2.45 bits per heavy atom. The van der Waals surface area contributed by atoms with Gasteiger partial charge in [0.15, 0.2) is 0 Å². The van der Waals surface area contributed by atoms with E-state index in [-0.39, 0.29) is 5.41 Å². The van der Waals surface area contributed by atoms with Crippen molar-refractivity contribution in [2.45, 2.75) is 39.7 Å². The van der Waals surface area contributed by atoms with Crippen LogP contribution in [0.15, 0.2) is 18.2 Å². The number of aryl methyl sites for hydroxylation is 1. The van der Waals surface area contributed by atoms with Gasteiger partial charge in [-0.2, -0.15) is 5.10 Å². The smallest absolute Gasteiger partial charge is 0.122 e. The molecule has 108 valence electrons. The number of H-pyrrole nitrogens is 1. The predicted octanol–water partition coefficient (Wildman–Crippen LogP) is 3.15. The highest BCUT2D eigenvalue weighted by atomic mass is 16.5. The maximum Gasteiger partial charge on any atom is 0.122 e. The van der Waals surface area contributed by atoms with Crippen molar-refractivity contribution in [2.75, 3.05) is 7.11 Å². The summed E-state index contributed by atoms with van der Waals surface area (Å²) >= 11 is 0. The van der Waals surface area contributed by atoms with Crippen LogP contribution in [0.3, 0.4) is 0 Å². The van der Waals surface area contributed by atoms with Gasteiger partial charge in [-0.3, -0.25) is 5.10 Å². The molecule has 4 heteroatoms. The van der Waals surface area contributed by atoms with Crippen LogP contribution in [0.5, 0.6) is 5.75 Å². The minimum Gasteiger partial charge on any atom is -0.496 e. The maximum absolute atomic E-state index is 5.63. The molecule has 0 fully saturated rings. The number of hydrogen-bond donors (Lipinski definition) is 2. The molecule has 0 aliphatic carbocycles. The summed E-state index contributed by atoms with van der Waals surface area (Å²) in [5, 5.41) is 7.31. The van der Waals surface area contributed by atoms with E-state index in [1.54, 1.807) is 7.11 Å². The molecule has 20 heavy (non-hydrogen) atoms. The van der Waals surface area contributed by atoms with E-state index in [4.69, 9.17) is 10.5 Å². The molecular formula is C16H23N3O. The Morgan fingerprint density at radius 1 is 1.25 bits per heavy atom. The van der Waals surface area contributed by atoms with Gasteiger partial charge in [-0.05, 0) is 36.1 Å². The summed E-state index contributed by atoms with van der Waals surface area (Å²) in [6.07, 6.45) is 0. The van der Waals surface area contributed by atoms with E-state index in [2.05, 4.69) is 50.0 Å². The molecule has 4 nitrogen and oxygen atoms in total. The zero-order valence-electron chi connectivity index (χ0n) is 12.9. The lowest BCUT2D eigenvalue weighted by atomic mass is 9.84. The van der Waals surface area contributed by atoms with Gasteiger partial charge in [-0.1, -0.05) is 20.8 Å². The van der Waals surface area contributed by atoms with Crippen LogP contribution in [0.1, 0.15) is 37.6 Å². The second-order valence-electron chi connectivity index (χ2n) is 6.10. The average Bonchev–Trinajstić information content (AvgIpc) is 2.85. The Balaban J connectivity index is 2.59. The van der Waals surface area contributed by atoms with Crippen LogP contribution < -0.4 is 10.5 Å². The van der Waals surface area contributed by atoms with Crippen LogP contribution in [-0.4, -0.2) is 17.3 Å². The largest absolute Gasteiger partial charge is 0.496 e. The second kappa shape index (κ2) is 5.29. The molecule has 0 aliphatic rings. The number of aromatic nitrogens is 2. The fourth-order valence-electron chi connectivity index (χ4n) is 2.32. The highest BCUT2D eigenvalue weighted by Crippen LogP contribution is 2.36. The van der Waals surface area contributed by atoms with Gasteiger partial charge in [0.05, 0.1) is 12.8 Å². The van der Waals surface area contributed by atoms with E-state index in [1.807, 2.05) is 6.07 Å². The molecule has 0 radical (unpaired) electrons. The minimum atomic E-state index is 0.0147. The molecule has 2 rings (SSSR count). The lowest BCUT2D eigenvalue weighted by Crippen LogP contribution is -2.13. The first-order chi connectivity index (χ1) is 9.36. The summed E-state index contributed by atoms with van der Waals surface area (Å²) in [5.74, 6) is 0.924. The molecule has 1 aromatic carbocycles. The van der Waals surface area contributed by atoms with Gasteiger partial charge in [0.1, 0.15) is 5.75 Å². The fraction of sp³-hybridized carbons (Fsp3) is 0.438. The molecule has 1 heterocycles. The molecule has 2 aromatic rings. The van der Waals surface area contributed by atoms with Gasteiger partial charge in [-0.25, -0.2) is 0 Å². The molecule has 0 unspecified atom stereocenters. The third-order valence-electron chi connectivity index (χ3n) is 3.48. The van der Waals surface area contributed by atoms with Crippen molar-refractivity contribution in [1.29, 1.82) is 0 Å². The highest BCUT2D eigenvalue weighted by molar-refractivity contribution is 5.67. The summed E-state index contributed by atoms with van der Waals surface area (Å²) in [6, 6.07) is 6.25. The van der Waals surface area contributed by atoms with Crippen molar-refractivity contribution in [3.63, 3.8) is 0 Å². The van der Waals surface area contributed by atoms with Gasteiger partial charge in [0.2, 0.25) is 0 Å². The molecule has 0 spiro atoms. The predicted molar refractivity (Wildman–Crippen MR) is 81.9 cm³/mol. The van der Waals surface area contributed by atoms with E-state index in [0.717, 1.165) is 28.3 Å². The molecule has 0 aliphatic heterocycles. The Kier molecular flexibility index (Phi) is 3.86. The van der Waals surface area contributed by atoms with Gasteiger partial charge in [-0.15, -0.1) is 0 Å². The number of aromatic amines is 1. The third-order valence-corrected chi connectivity index (χ3v) is 3.48. The van der Waals surface area contributed by atoms with E-state index in [0.29, 0.717) is 6.54 Å². The number of benzene rings is 1. The number of hydrogen-bond acceptors (Lipinski definition) is 3. The second-order valence-corrected chi connectivity index (χ2v) is 6.10. The minimum absolute atomic E-state index is 0.0147. The van der Waals surface area contributed by atoms with Crippen LogP contribution >= 0.6 is 0 Å². The number of ether oxygens (including phenoxy) is 1. The monoisotopic (exact) mass is 273 g/mol. The van der Waals surface area contributed by atoms with Crippen LogP contribution in [0.25, 0.3) is 11.3 Å². The first-order valence-electron chi connectivity index (χ1n) is 6.80. The summed E-state index contributed by atoms with van der Waals surface area (Å²) in [6.45, 7) is 9.08. The van der Waals surface area contributed by atoms with Crippen LogP contribution in [0.4, 0.5) is 0 Å². The first kappa shape index (κ1) is 14.6. The van der Waals surface area contributed by atoms with Gasteiger partial charge >= 0.3 is 0 Å². The maximum atomic E-state index is 5.63. The van der Waals surface area contributed by atoms with E-state index in [1.165, 1.54) is 5.56 Å². The van der Waals surface area contributed by atoms with Crippen molar-refractivity contribution in [1.82, 2.24) is 10.2 Å². The zero-order chi connectivity index (χ0) is 14.9. The van der Waals surface area contributed by atoms with Crippen molar-refractivity contribution in [3.8, 4) is 17.0 Å². The van der Waals surface area contributed by atoms with Crippen molar-refractivity contribution in [2.24, 2.45) is 5.73 Å². The van der Waals surface area contributed by atoms with Crippen molar-refractivity contribution >= 4 is 0 Å². The molecule has 0 saturated heterocycles. The molecule has 3 N–H and O–H groups in total. The van der Waals surface area contributed by atoms with Crippen LogP contribution in [0.2, 0.25) is 0 Å². The zero-order valence-corrected chi connectivity index (χ0v) is 12.9. The van der Waals surface area contributed by atoms with Crippen LogP contribution in [0, 0.1) is 6.92 Å². The Morgan fingerprint density at radius 2 is 1.95 bits per heavy atom. The Bertz CT molecular complexity index is 609. The number of methoxy groups -OCH3 is 1. The van der Waals surface area contributed by atoms with Gasteiger partial charge in [0, 0.05) is 23.4 Å². The number of nitrogens with two attached hydrogens (primary N) is 1. The highest BCUT2D eigenvalue weighted by Gasteiger charge is 2.21. The van der Waals surface area contributed by atoms with E-state index >= 15 is 0 Å². The van der Waals surface area contributed by atoms with E-state index < -0.39 is 0 Å². The Labute approximate surface area is 120 Å². The fourth-order valence-corrected chi connectivity index (χ4v) is 2.32. The summed E-state index contributed by atoms with van der Waals surface area (Å²) in [5.41, 5.74) is 11.0. The van der Waals surface area contributed by atoms with Gasteiger partial charge in [0.25, 0.3) is 0 Å². The number of nitrogens with one attached hydrogen (secondary N) is 1. The lowest BCUT2D eigenvalue weighted by Gasteiger charge is -2.23. The summed E-state index contributed by atoms with van der Waals surface area (Å²) in [4.78, 5) is 0. The number of nitrogens with zero attached hydrogens (tertiary/aromatic N) is 1. The van der Waals surface area contributed by atoms with Crippen LogP contribution in [-0.2, 0) is 12.0 Å². The standard InChI is InChI=1S/C16H23N3O/c1-10-6-15(20-5)13(16(2,3)4)8-12(10)14-7-11(9-17)18-19-14/h6-8H,9,17H2,1-5H3,(H,18,19). The van der Waals surface area contributed by atoms with Crippen molar-refractivity contribution in [3.05, 3.63) is 35.0 Å². The quantitative estimate of drug-likeness (QED) is 0.903. The van der Waals surface area contributed by atoms with E-state index in [9.17, 15) is 0 Å². The molecule has 0 amide bonds.